The van der Waals surface area contributed by atoms with Crippen molar-refractivity contribution in [2.45, 2.75) is 6.18 Å². The van der Waals surface area contributed by atoms with Gasteiger partial charge in [-0.15, -0.1) is 29.8 Å². The standard InChI is InChI=1S/C18H14F3N4O2.Y/c1-23(2)16-8-7-14(25(26)27)9-17(16)24-10-15(22-11-24)12-3-5-13(6-4-12)18(19,20)21;/h3,5-11H,1-2H3;/q-1;. The number of hydrogen-bond donors (Lipinski definition) is 0. The Morgan fingerprint density at radius 2 is 1.93 bits per heavy atom. The number of alkyl halides is 3. The molecular formula is C18H14F3N4O2Y-. The number of benzene rings is 2. The monoisotopic (exact) mass is 464 g/mol. The van der Waals surface area contributed by atoms with Crippen LogP contribution in [-0.2, 0) is 38.9 Å². The molecule has 1 aromatic heterocycles. The first-order valence-corrected chi connectivity index (χ1v) is 7.76. The molecule has 0 unspecified atom stereocenters. The van der Waals surface area contributed by atoms with Crippen LogP contribution < -0.4 is 4.90 Å². The zero-order valence-electron chi connectivity index (χ0n) is 14.9. The predicted molar refractivity (Wildman–Crippen MR) is 93.8 cm³/mol. The topological polar surface area (TPSA) is 64.2 Å². The SMILES string of the molecule is CN(C)c1ccc([N+](=O)[O-])cc1-n1cnc(-c2[c-]cc(C(F)(F)F)cc2)c1.[Y]. The van der Waals surface area contributed by atoms with E-state index in [0.717, 1.165) is 17.8 Å². The van der Waals surface area contributed by atoms with Gasteiger partial charge >= 0.3 is 6.18 Å². The Morgan fingerprint density at radius 1 is 1.21 bits per heavy atom. The average molecular weight is 464 g/mol. The van der Waals surface area contributed by atoms with E-state index >= 15 is 0 Å². The predicted octanol–water partition coefficient (Wildman–Crippen LogP) is 4.33. The van der Waals surface area contributed by atoms with Crippen molar-refractivity contribution in [2.24, 2.45) is 0 Å². The summed E-state index contributed by atoms with van der Waals surface area (Å²) < 4.78 is 39.6. The van der Waals surface area contributed by atoms with Crippen LogP contribution in [0, 0.1) is 16.2 Å². The maximum Gasteiger partial charge on any atom is 0.381 e. The largest absolute Gasteiger partial charge is 0.381 e. The van der Waals surface area contributed by atoms with Crippen LogP contribution in [0.25, 0.3) is 16.9 Å². The molecule has 0 aliphatic heterocycles. The van der Waals surface area contributed by atoms with Gasteiger partial charge in [-0.25, -0.2) is 0 Å². The molecule has 0 fully saturated rings. The summed E-state index contributed by atoms with van der Waals surface area (Å²) in [5.41, 5.74) is 1.17. The van der Waals surface area contributed by atoms with Crippen molar-refractivity contribution in [1.29, 1.82) is 0 Å². The van der Waals surface area contributed by atoms with E-state index in [2.05, 4.69) is 11.1 Å². The molecule has 1 radical (unpaired) electrons. The van der Waals surface area contributed by atoms with Crippen molar-refractivity contribution < 1.29 is 50.8 Å². The van der Waals surface area contributed by atoms with Gasteiger partial charge < -0.3 is 9.47 Å². The molecule has 0 bridgehead atoms. The zero-order chi connectivity index (χ0) is 19.8. The minimum atomic E-state index is -4.43. The van der Waals surface area contributed by atoms with E-state index in [4.69, 9.17) is 0 Å². The first-order valence-electron chi connectivity index (χ1n) is 7.76. The number of hydrogen-bond acceptors (Lipinski definition) is 4. The second kappa shape index (κ2) is 8.40. The smallest absolute Gasteiger partial charge is 0.376 e. The Labute approximate surface area is 184 Å². The number of nitro groups is 1. The van der Waals surface area contributed by atoms with Gasteiger partial charge in [0.15, 0.2) is 0 Å². The van der Waals surface area contributed by atoms with Crippen molar-refractivity contribution in [2.75, 3.05) is 19.0 Å². The van der Waals surface area contributed by atoms with Gasteiger partial charge in [0.05, 0.1) is 22.6 Å². The third kappa shape index (κ3) is 4.59. The summed E-state index contributed by atoms with van der Waals surface area (Å²) in [5.74, 6) is 0. The molecule has 2 aromatic carbocycles. The average Bonchev–Trinajstić information content (AvgIpc) is 3.10. The summed E-state index contributed by atoms with van der Waals surface area (Å²) in [5, 5.41) is 11.1. The first-order chi connectivity index (χ1) is 12.7. The molecule has 6 nitrogen and oxygen atoms in total. The molecule has 0 atom stereocenters. The van der Waals surface area contributed by atoms with Crippen molar-refractivity contribution in [3.63, 3.8) is 0 Å². The Morgan fingerprint density at radius 3 is 2.46 bits per heavy atom. The van der Waals surface area contributed by atoms with Crippen LogP contribution in [0.3, 0.4) is 0 Å². The third-order valence-corrected chi connectivity index (χ3v) is 3.93. The van der Waals surface area contributed by atoms with Crippen molar-refractivity contribution >= 4 is 11.4 Å². The van der Waals surface area contributed by atoms with Gasteiger partial charge in [-0.3, -0.25) is 15.1 Å². The van der Waals surface area contributed by atoms with Gasteiger partial charge in [0, 0.05) is 64.6 Å². The molecule has 0 aliphatic carbocycles. The van der Waals surface area contributed by atoms with E-state index in [1.54, 1.807) is 35.8 Å². The number of nitrogens with zero attached hydrogens (tertiary/aromatic N) is 4. The molecule has 0 amide bonds. The van der Waals surface area contributed by atoms with Crippen LogP contribution in [0.2, 0.25) is 0 Å². The van der Waals surface area contributed by atoms with E-state index in [0.29, 0.717) is 16.9 Å². The summed E-state index contributed by atoms with van der Waals surface area (Å²) in [6.07, 6.45) is -1.39. The molecule has 0 aliphatic rings. The Kier molecular flexibility index (Phi) is 6.61. The van der Waals surface area contributed by atoms with Crippen LogP contribution in [0.15, 0.2) is 48.9 Å². The van der Waals surface area contributed by atoms with Crippen molar-refractivity contribution in [1.82, 2.24) is 9.55 Å². The van der Waals surface area contributed by atoms with Crippen LogP contribution >= 0.6 is 0 Å². The molecule has 28 heavy (non-hydrogen) atoms. The van der Waals surface area contributed by atoms with Crippen LogP contribution in [0.5, 0.6) is 0 Å². The number of halogens is 3. The van der Waals surface area contributed by atoms with Crippen molar-refractivity contribution in [3.05, 3.63) is 70.7 Å². The minimum Gasteiger partial charge on any atom is -0.376 e. The third-order valence-electron chi connectivity index (χ3n) is 3.93. The second-order valence-corrected chi connectivity index (χ2v) is 5.98. The van der Waals surface area contributed by atoms with Gasteiger partial charge in [0.1, 0.15) is 0 Å². The van der Waals surface area contributed by atoms with Gasteiger partial charge in [-0.1, -0.05) is 0 Å². The van der Waals surface area contributed by atoms with Gasteiger partial charge in [-0.2, -0.15) is 13.2 Å². The summed E-state index contributed by atoms with van der Waals surface area (Å²) in [6.45, 7) is 0. The van der Waals surface area contributed by atoms with Gasteiger partial charge in [0.2, 0.25) is 0 Å². The van der Waals surface area contributed by atoms with Crippen LogP contribution in [0.1, 0.15) is 5.56 Å². The summed E-state index contributed by atoms with van der Waals surface area (Å²) in [4.78, 5) is 16.6. The maximum atomic E-state index is 12.7. The first kappa shape index (κ1) is 22.0. The van der Waals surface area contributed by atoms with Gasteiger partial charge in [-0.05, 0) is 17.8 Å². The molecule has 1 heterocycles. The normalized spacial score (nSPS) is 11.0. The molecular weight excluding hydrogens is 450 g/mol. The Hall–Kier alpha value is -2.26. The fraction of sp³-hybridized carbons (Fsp3) is 0.167. The molecule has 3 rings (SSSR count). The zero-order valence-corrected chi connectivity index (χ0v) is 17.8. The number of anilines is 1. The van der Waals surface area contributed by atoms with E-state index in [1.165, 1.54) is 24.5 Å². The van der Waals surface area contributed by atoms with Crippen LogP contribution in [-0.4, -0.2) is 28.6 Å². The molecule has 0 spiro atoms. The minimum absolute atomic E-state index is 0. The number of aromatic nitrogens is 2. The van der Waals surface area contributed by atoms with E-state index in [-0.39, 0.29) is 38.4 Å². The van der Waals surface area contributed by atoms with Crippen molar-refractivity contribution in [3.8, 4) is 16.9 Å². The van der Waals surface area contributed by atoms with Crippen LogP contribution in [0.4, 0.5) is 24.5 Å². The molecule has 143 valence electrons. The summed E-state index contributed by atoms with van der Waals surface area (Å²) in [6, 6.07) is 10.1. The molecule has 0 saturated carbocycles. The molecule has 10 heteroatoms. The number of imidazole rings is 1. The van der Waals surface area contributed by atoms with E-state index < -0.39 is 16.7 Å². The number of non-ortho nitro benzene ring substituents is 1. The Bertz CT molecular complexity index is 985. The summed E-state index contributed by atoms with van der Waals surface area (Å²) >= 11 is 0. The van der Waals surface area contributed by atoms with E-state index in [1.807, 2.05) is 0 Å². The van der Waals surface area contributed by atoms with E-state index in [9.17, 15) is 23.3 Å². The maximum absolute atomic E-state index is 12.7. The fourth-order valence-electron chi connectivity index (χ4n) is 2.56. The molecule has 3 aromatic rings. The number of nitro benzene ring substituents is 1. The molecule has 0 saturated heterocycles. The summed E-state index contributed by atoms with van der Waals surface area (Å²) in [7, 11) is 3.60. The quantitative estimate of drug-likeness (QED) is 0.328. The van der Waals surface area contributed by atoms with Gasteiger partial charge in [0.25, 0.3) is 5.69 Å². The Balaban J connectivity index is 0.00000280. The fourth-order valence-corrected chi connectivity index (χ4v) is 2.56. The number of rotatable bonds is 4. The molecule has 0 N–H and O–H groups in total. The second-order valence-electron chi connectivity index (χ2n) is 5.98.